The Balaban J connectivity index is 1.41. The topological polar surface area (TPSA) is 86.1 Å². The summed E-state index contributed by atoms with van der Waals surface area (Å²) in [6.45, 7) is 6.88. The van der Waals surface area contributed by atoms with Gasteiger partial charge in [-0.15, -0.1) is 0 Å². The van der Waals surface area contributed by atoms with E-state index in [0.717, 1.165) is 41.9 Å². The molecule has 0 bridgehead atoms. The summed E-state index contributed by atoms with van der Waals surface area (Å²) in [4.78, 5) is 15.6. The Bertz CT molecular complexity index is 1750. The van der Waals surface area contributed by atoms with Crippen LogP contribution in [0.15, 0.2) is 102 Å². The summed E-state index contributed by atoms with van der Waals surface area (Å²) in [5.41, 5.74) is 5.23. The Kier molecular flexibility index (Phi) is 10.3. The van der Waals surface area contributed by atoms with Crippen LogP contribution in [0.1, 0.15) is 34.1 Å². The highest BCUT2D eigenvalue weighted by Gasteiger charge is 2.28. The van der Waals surface area contributed by atoms with Crippen molar-refractivity contribution in [2.75, 3.05) is 32.8 Å². The molecule has 0 aliphatic carbocycles. The van der Waals surface area contributed by atoms with E-state index in [0.29, 0.717) is 66.4 Å². The lowest BCUT2D eigenvalue weighted by Gasteiger charge is -2.26. The van der Waals surface area contributed by atoms with Crippen LogP contribution in [0.2, 0.25) is 5.02 Å². The van der Waals surface area contributed by atoms with Crippen LogP contribution in [0.3, 0.4) is 0 Å². The summed E-state index contributed by atoms with van der Waals surface area (Å²) in [7, 11) is 0. The molecule has 0 spiro atoms. The van der Waals surface area contributed by atoms with Crippen molar-refractivity contribution in [1.82, 2.24) is 15.4 Å². The average molecular weight is 638 g/mol. The molecule has 1 aliphatic heterocycles. The molecular formula is C37H36ClN3O5. The standard InChI is InChI=1S/C37H36ClN3O5/c1-2-39-37(42)35-34(29-15-9-14-28(20-29)23-41-16-18-43-19-17-41)36(46-40-35)30-21-31(38)33(45-25-27-12-7-4-8-13-27)22-32(30)44-24-26-10-5-3-6-11-26/h3-15,20-22H,2,16-19,23-25H2,1H3,(H,39,42). The van der Waals surface area contributed by atoms with Crippen LogP contribution < -0.4 is 14.8 Å². The van der Waals surface area contributed by atoms with E-state index in [1.165, 1.54) is 0 Å². The number of ether oxygens (including phenoxy) is 3. The van der Waals surface area contributed by atoms with Crippen molar-refractivity contribution >= 4 is 17.5 Å². The number of amides is 1. The monoisotopic (exact) mass is 637 g/mol. The first kappa shape index (κ1) is 31.4. The summed E-state index contributed by atoms with van der Waals surface area (Å²) in [6.07, 6.45) is 0. The number of carbonyl (C=O) groups excluding carboxylic acids is 1. The largest absolute Gasteiger partial charge is 0.488 e. The van der Waals surface area contributed by atoms with E-state index in [9.17, 15) is 4.79 Å². The van der Waals surface area contributed by atoms with Crippen LogP contribution in [-0.4, -0.2) is 48.8 Å². The fraction of sp³-hybridized carbons (Fsp3) is 0.243. The number of morpholine rings is 1. The smallest absolute Gasteiger partial charge is 0.274 e. The van der Waals surface area contributed by atoms with Crippen molar-refractivity contribution in [1.29, 1.82) is 0 Å². The summed E-state index contributed by atoms with van der Waals surface area (Å²) in [5.74, 6) is 1.01. The Hall–Kier alpha value is -4.63. The zero-order chi connectivity index (χ0) is 31.7. The lowest BCUT2D eigenvalue weighted by molar-refractivity contribution is 0.0342. The molecule has 6 rings (SSSR count). The van der Waals surface area contributed by atoms with E-state index in [-0.39, 0.29) is 11.6 Å². The van der Waals surface area contributed by atoms with Gasteiger partial charge in [0.2, 0.25) is 0 Å². The molecule has 5 aromatic rings. The van der Waals surface area contributed by atoms with E-state index in [4.69, 9.17) is 30.3 Å². The first-order valence-corrected chi connectivity index (χ1v) is 15.8. The van der Waals surface area contributed by atoms with Crippen molar-refractivity contribution in [2.45, 2.75) is 26.7 Å². The predicted octanol–water partition coefficient (Wildman–Crippen LogP) is 7.40. The SMILES string of the molecule is CCNC(=O)c1noc(-c2cc(Cl)c(OCc3ccccc3)cc2OCc2ccccc2)c1-c1cccc(CN2CCOCC2)c1. The van der Waals surface area contributed by atoms with E-state index >= 15 is 0 Å². The number of hydrogen-bond acceptors (Lipinski definition) is 7. The lowest BCUT2D eigenvalue weighted by atomic mass is 9.96. The molecule has 236 valence electrons. The van der Waals surface area contributed by atoms with Gasteiger partial charge in [0.1, 0.15) is 24.7 Å². The first-order chi connectivity index (χ1) is 22.6. The summed E-state index contributed by atoms with van der Waals surface area (Å²) in [6, 6.07) is 31.4. The summed E-state index contributed by atoms with van der Waals surface area (Å²) in [5, 5.41) is 7.52. The molecule has 4 aromatic carbocycles. The molecule has 46 heavy (non-hydrogen) atoms. The van der Waals surface area contributed by atoms with Crippen molar-refractivity contribution in [3.05, 3.63) is 124 Å². The molecule has 1 aromatic heterocycles. The molecule has 1 aliphatic rings. The van der Waals surface area contributed by atoms with Gasteiger partial charge in [-0.1, -0.05) is 95.6 Å². The molecule has 1 fully saturated rings. The second-order valence-electron chi connectivity index (χ2n) is 11.0. The molecule has 9 heteroatoms. The van der Waals surface area contributed by atoms with Gasteiger partial charge >= 0.3 is 0 Å². The average Bonchev–Trinajstić information content (AvgIpc) is 3.54. The number of benzene rings is 4. The van der Waals surface area contributed by atoms with Crippen molar-refractivity contribution in [2.24, 2.45) is 0 Å². The third-order valence-corrected chi connectivity index (χ3v) is 8.02. The minimum Gasteiger partial charge on any atom is -0.488 e. The Morgan fingerprint density at radius 2 is 1.50 bits per heavy atom. The molecule has 0 unspecified atom stereocenters. The first-order valence-electron chi connectivity index (χ1n) is 15.4. The van der Waals surface area contributed by atoms with Gasteiger partial charge in [0.15, 0.2) is 11.5 Å². The maximum atomic E-state index is 13.3. The van der Waals surface area contributed by atoms with E-state index < -0.39 is 0 Å². The fourth-order valence-electron chi connectivity index (χ4n) is 5.40. The van der Waals surface area contributed by atoms with Gasteiger partial charge in [-0.25, -0.2) is 0 Å². The third kappa shape index (κ3) is 7.59. The molecule has 0 saturated carbocycles. The Labute approximate surface area is 273 Å². The van der Waals surface area contributed by atoms with Gasteiger partial charge in [-0.2, -0.15) is 0 Å². The fourth-order valence-corrected chi connectivity index (χ4v) is 5.61. The maximum absolute atomic E-state index is 13.3. The quantitative estimate of drug-likeness (QED) is 0.153. The minimum atomic E-state index is -0.327. The molecule has 1 saturated heterocycles. The van der Waals surface area contributed by atoms with Crippen LogP contribution in [-0.2, 0) is 24.5 Å². The van der Waals surface area contributed by atoms with Gasteiger partial charge < -0.3 is 24.1 Å². The lowest BCUT2D eigenvalue weighted by Crippen LogP contribution is -2.35. The Morgan fingerprint density at radius 3 is 2.17 bits per heavy atom. The van der Waals surface area contributed by atoms with Crippen LogP contribution in [0.4, 0.5) is 0 Å². The number of aromatic nitrogens is 1. The highest BCUT2D eigenvalue weighted by atomic mass is 35.5. The van der Waals surface area contributed by atoms with Gasteiger partial charge in [-0.3, -0.25) is 9.69 Å². The van der Waals surface area contributed by atoms with Crippen molar-refractivity contribution in [3.8, 4) is 33.9 Å². The van der Waals surface area contributed by atoms with E-state index in [2.05, 4.69) is 27.5 Å². The third-order valence-electron chi connectivity index (χ3n) is 7.72. The predicted molar refractivity (Wildman–Crippen MR) is 178 cm³/mol. The normalized spacial score (nSPS) is 13.3. The number of nitrogens with one attached hydrogen (secondary N) is 1. The molecule has 1 amide bonds. The number of rotatable bonds is 12. The molecule has 0 radical (unpaired) electrons. The van der Waals surface area contributed by atoms with Crippen LogP contribution in [0, 0.1) is 0 Å². The summed E-state index contributed by atoms with van der Waals surface area (Å²) < 4.78 is 24.1. The maximum Gasteiger partial charge on any atom is 0.274 e. The molecule has 0 atom stereocenters. The number of hydrogen-bond donors (Lipinski definition) is 1. The van der Waals surface area contributed by atoms with Gasteiger partial charge in [0.25, 0.3) is 5.91 Å². The van der Waals surface area contributed by atoms with Crippen LogP contribution in [0.25, 0.3) is 22.5 Å². The van der Waals surface area contributed by atoms with Gasteiger partial charge in [0.05, 0.1) is 29.4 Å². The molecule has 1 N–H and O–H groups in total. The molecular weight excluding hydrogens is 602 g/mol. The number of carbonyl (C=O) groups is 1. The molecule has 2 heterocycles. The highest BCUT2D eigenvalue weighted by molar-refractivity contribution is 6.32. The molecule has 8 nitrogen and oxygen atoms in total. The van der Waals surface area contributed by atoms with Crippen molar-refractivity contribution in [3.63, 3.8) is 0 Å². The van der Waals surface area contributed by atoms with Crippen molar-refractivity contribution < 1.29 is 23.5 Å². The van der Waals surface area contributed by atoms with E-state index in [1.807, 2.05) is 79.7 Å². The zero-order valence-corrected chi connectivity index (χ0v) is 26.5. The van der Waals surface area contributed by atoms with E-state index in [1.54, 1.807) is 12.1 Å². The second-order valence-corrected chi connectivity index (χ2v) is 11.4. The zero-order valence-electron chi connectivity index (χ0n) is 25.7. The number of halogens is 1. The van der Waals surface area contributed by atoms with Gasteiger partial charge in [-0.05, 0) is 41.3 Å². The second kappa shape index (κ2) is 15.1. The Morgan fingerprint density at radius 1 is 0.848 bits per heavy atom. The van der Waals surface area contributed by atoms with Crippen LogP contribution >= 0.6 is 11.6 Å². The highest BCUT2D eigenvalue weighted by Crippen LogP contribution is 2.44. The number of nitrogens with zero attached hydrogens (tertiary/aromatic N) is 2. The summed E-state index contributed by atoms with van der Waals surface area (Å²) >= 11 is 6.85. The van der Waals surface area contributed by atoms with Gasteiger partial charge in [0, 0.05) is 32.2 Å². The van der Waals surface area contributed by atoms with Crippen LogP contribution in [0.5, 0.6) is 11.5 Å². The minimum absolute atomic E-state index is 0.190.